The van der Waals surface area contributed by atoms with E-state index in [1.54, 1.807) is 0 Å². The summed E-state index contributed by atoms with van der Waals surface area (Å²) in [6, 6.07) is 24.9. The fourth-order valence-electron chi connectivity index (χ4n) is 3.20. The second-order valence-electron chi connectivity index (χ2n) is 6.81. The van der Waals surface area contributed by atoms with Gasteiger partial charge in [-0.05, 0) is 47.7 Å². The number of para-hydroxylation sites is 1. The van der Waals surface area contributed by atoms with Gasteiger partial charge in [-0.2, -0.15) is 0 Å². The van der Waals surface area contributed by atoms with Gasteiger partial charge < -0.3 is 14.6 Å². The Morgan fingerprint density at radius 2 is 1.52 bits per heavy atom. The van der Waals surface area contributed by atoms with E-state index in [0.29, 0.717) is 25.4 Å². The van der Waals surface area contributed by atoms with Crippen LogP contribution in [-0.2, 0) is 17.6 Å². The lowest BCUT2D eigenvalue weighted by Gasteiger charge is -2.16. The summed E-state index contributed by atoms with van der Waals surface area (Å²) >= 11 is 0. The van der Waals surface area contributed by atoms with E-state index < -0.39 is 11.9 Å². The number of carboxylic acid groups (broad SMARTS) is 1. The van der Waals surface area contributed by atoms with Crippen LogP contribution in [0.2, 0.25) is 0 Å². The molecule has 1 unspecified atom stereocenters. The lowest BCUT2D eigenvalue weighted by molar-refractivity contribution is -0.138. The van der Waals surface area contributed by atoms with Crippen molar-refractivity contribution in [3.8, 4) is 11.5 Å². The number of ether oxygens (including phenoxy) is 2. The minimum absolute atomic E-state index is 0.370. The Balaban J connectivity index is 1.60. The summed E-state index contributed by atoms with van der Waals surface area (Å²) in [4.78, 5) is 11.8. The first-order valence-electron chi connectivity index (χ1n) is 9.87. The van der Waals surface area contributed by atoms with Crippen molar-refractivity contribution >= 4 is 5.97 Å². The van der Waals surface area contributed by atoms with Crippen molar-refractivity contribution in [1.29, 1.82) is 0 Å². The van der Waals surface area contributed by atoms with Crippen molar-refractivity contribution in [2.75, 3.05) is 13.2 Å². The molecule has 0 aliphatic carbocycles. The molecule has 3 aromatic carbocycles. The Labute approximate surface area is 171 Å². The molecule has 0 amide bonds. The maximum atomic E-state index is 11.8. The average Bonchev–Trinajstić information content (AvgIpc) is 2.76. The van der Waals surface area contributed by atoms with Gasteiger partial charge in [-0.15, -0.1) is 0 Å². The Hall–Kier alpha value is -3.27. The topological polar surface area (TPSA) is 55.8 Å². The summed E-state index contributed by atoms with van der Waals surface area (Å²) in [6.45, 7) is 2.92. The largest absolute Gasteiger partial charge is 0.490 e. The van der Waals surface area contributed by atoms with Crippen LogP contribution in [0.15, 0.2) is 78.9 Å². The standard InChI is InChI=1S/C25H26O4/c1-2-19-12-14-22(15-13-19)28-16-17-29-24-11-7-6-10-21(24)18-23(25(26)27)20-8-4-3-5-9-20/h3-15,23H,2,16-18H2,1H3,(H,26,27). The molecule has 0 aliphatic rings. The van der Waals surface area contributed by atoms with Gasteiger partial charge in [0.15, 0.2) is 0 Å². The lowest BCUT2D eigenvalue weighted by atomic mass is 9.92. The predicted octanol–water partition coefficient (Wildman–Crippen LogP) is 5.12. The number of carbonyl (C=O) groups is 1. The Kier molecular flexibility index (Phi) is 7.28. The van der Waals surface area contributed by atoms with Gasteiger partial charge in [-0.3, -0.25) is 4.79 Å². The van der Waals surface area contributed by atoms with Crippen molar-refractivity contribution in [1.82, 2.24) is 0 Å². The summed E-state index contributed by atoms with van der Waals surface area (Å²) in [5, 5.41) is 9.70. The third-order valence-corrected chi connectivity index (χ3v) is 4.84. The van der Waals surface area contributed by atoms with Crippen LogP contribution in [0.3, 0.4) is 0 Å². The molecule has 0 spiro atoms. The van der Waals surface area contributed by atoms with Crippen LogP contribution in [0.5, 0.6) is 11.5 Å². The van der Waals surface area contributed by atoms with Gasteiger partial charge in [0.25, 0.3) is 0 Å². The molecule has 1 atom stereocenters. The first kappa shape index (κ1) is 20.5. The highest BCUT2D eigenvalue weighted by atomic mass is 16.5. The molecule has 0 radical (unpaired) electrons. The molecule has 0 aromatic heterocycles. The SMILES string of the molecule is CCc1ccc(OCCOc2ccccc2CC(C(=O)O)c2ccccc2)cc1. The molecule has 0 heterocycles. The van der Waals surface area contributed by atoms with Gasteiger partial charge in [0.1, 0.15) is 24.7 Å². The summed E-state index contributed by atoms with van der Waals surface area (Å²) < 4.78 is 11.6. The maximum absolute atomic E-state index is 11.8. The van der Waals surface area contributed by atoms with E-state index in [9.17, 15) is 9.90 Å². The third-order valence-electron chi connectivity index (χ3n) is 4.84. The number of hydrogen-bond donors (Lipinski definition) is 1. The van der Waals surface area contributed by atoms with Gasteiger partial charge in [-0.1, -0.05) is 67.6 Å². The highest BCUT2D eigenvalue weighted by Crippen LogP contribution is 2.27. The molecule has 4 nitrogen and oxygen atoms in total. The van der Waals surface area contributed by atoms with E-state index in [-0.39, 0.29) is 0 Å². The zero-order valence-electron chi connectivity index (χ0n) is 16.6. The van der Waals surface area contributed by atoms with Crippen LogP contribution in [0.1, 0.15) is 29.5 Å². The quantitative estimate of drug-likeness (QED) is 0.488. The molecule has 0 saturated carbocycles. The average molecular weight is 390 g/mol. The predicted molar refractivity (Wildman–Crippen MR) is 114 cm³/mol. The van der Waals surface area contributed by atoms with Crippen LogP contribution < -0.4 is 9.47 Å². The molecule has 0 saturated heterocycles. The molecule has 29 heavy (non-hydrogen) atoms. The van der Waals surface area contributed by atoms with E-state index in [0.717, 1.165) is 23.3 Å². The number of aryl methyl sites for hydroxylation is 1. The molecular weight excluding hydrogens is 364 g/mol. The van der Waals surface area contributed by atoms with Gasteiger partial charge in [0, 0.05) is 0 Å². The zero-order valence-corrected chi connectivity index (χ0v) is 16.6. The molecule has 3 rings (SSSR count). The van der Waals surface area contributed by atoms with Crippen molar-refractivity contribution in [3.63, 3.8) is 0 Å². The second-order valence-corrected chi connectivity index (χ2v) is 6.81. The van der Waals surface area contributed by atoms with Crippen LogP contribution in [-0.4, -0.2) is 24.3 Å². The lowest BCUT2D eigenvalue weighted by Crippen LogP contribution is -2.16. The van der Waals surface area contributed by atoms with E-state index in [2.05, 4.69) is 19.1 Å². The molecule has 0 bridgehead atoms. The van der Waals surface area contributed by atoms with E-state index in [1.165, 1.54) is 5.56 Å². The molecule has 1 N–H and O–H groups in total. The Morgan fingerprint density at radius 1 is 0.862 bits per heavy atom. The van der Waals surface area contributed by atoms with Crippen molar-refractivity contribution in [2.24, 2.45) is 0 Å². The van der Waals surface area contributed by atoms with Gasteiger partial charge in [0.05, 0.1) is 5.92 Å². The van der Waals surface area contributed by atoms with E-state index in [1.807, 2.05) is 66.7 Å². The number of rotatable bonds is 10. The summed E-state index contributed by atoms with van der Waals surface area (Å²) in [7, 11) is 0. The first-order valence-corrected chi connectivity index (χ1v) is 9.87. The Bertz CT molecular complexity index is 904. The number of carboxylic acids is 1. The Morgan fingerprint density at radius 3 is 2.21 bits per heavy atom. The molecule has 0 aliphatic heterocycles. The van der Waals surface area contributed by atoms with Crippen LogP contribution in [0.25, 0.3) is 0 Å². The van der Waals surface area contributed by atoms with Crippen molar-refractivity contribution in [2.45, 2.75) is 25.7 Å². The van der Waals surface area contributed by atoms with E-state index >= 15 is 0 Å². The number of benzene rings is 3. The highest BCUT2D eigenvalue weighted by molar-refractivity contribution is 5.76. The highest BCUT2D eigenvalue weighted by Gasteiger charge is 2.21. The monoisotopic (exact) mass is 390 g/mol. The normalized spacial score (nSPS) is 11.6. The van der Waals surface area contributed by atoms with Crippen molar-refractivity contribution < 1.29 is 19.4 Å². The molecule has 150 valence electrons. The fourth-order valence-corrected chi connectivity index (χ4v) is 3.20. The smallest absolute Gasteiger partial charge is 0.311 e. The van der Waals surface area contributed by atoms with Crippen LogP contribution in [0, 0.1) is 0 Å². The molecule has 0 fully saturated rings. The summed E-state index contributed by atoms with van der Waals surface area (Å²) in [5.41, 5.74) is 2.93. The summed E-state index contributed by atoms with van der Waals surface area (Å²) in [5.74, 6) is 0.0489. The van der Waals surface area contributed by atoms with Gasteiger partial charge in [-0.25, -0.2) is 0 Å². The van der Waals surface area contributed by atoms with Crippen LogP contribution in [0.4, 0.5) is 0 Å². The van der Waals surface area contributed by atoms with Gasteiger partial charge in [0.2, 0.25) is 0 Å². The molecule has 4 heteroatoms. The number of hydrogen-bond acceptors (Lipinski definition) is 3. The zero-order chi connectivity index (χ0) is 20.5. The fraction of sp³-hybridized carbons (Fsp3) is 0.240. The minimum Gasteiger partial charge on any atom is -0.490 e. The minimum atomic E-state index is -0.843. The van der Waals surface area contributed by atoms with Crippen molar-refractivity contribution in [3.05, 3.63) is 95.6 Å². The molecular formula is C25H26O4. The van der Waals surface area contributed by atoms with Gasteiger partial charge >= 0.3 is 5.97 Å². The van der Waals surface area contributed by atoms with Crippen LogP contribution >= 0.6 is 0 Å². The third kappa shape index (κ3) is 5.85. The second kappa shape index (κ2) is 10.3. The number of aliphatic carboxylic acids is 1. The summed E-state index contributed by atoms with van der Waals surface area (Å²) in [6.07, 6.45) is 1.37. The maximum Gasteiger partial charge on any atom is 0.311 e. The van der Waals surface area contributed by atoms with E-state index in [4.69, 9.17) is 9.47 Å². The molecule has 3 aromatic rings. The first-order chi connectivity index (χ1) is 14.2.